The predicted molar refractivity (Wildman–Crippen MR) is 96.9 cm³/mol. The molecule has 3 atom stereocenters. The smallest absolute Gasteiger partial charge is 0.123 e. The molecule has 126 valence electrons. The highest BCUT2D eigenvalue weighted by molar-refractivity contribution is 5.53. The summed E-state index contributed by atoms with van der Waals surface area (Å²) in [6.45, 7) is 3.49. The zero-order valence-corrected chi connectivity index (χ0v) is 14.2. The lowest BCUT2D eigenvalue weighted by atomic mass is 9.88. The van der Waals surface area contributed by atoms with E-state index in [1.54, 1.807) is 12.1 Å². The Bertz CT molecular complexity index is 685. The first kappa shape index (κ1) is 15.6. The van der Waals surface area contributed by atoms with Crippen molar-refractivity contribution >= 4 is 5.69 Å². The Hall–Kier alpha value is -1.87. The molecule has 2 aromatic carbocycles. The number of hydrogen-bond acceptors (Lipinski definition) is 2. The van der Waals surface area contributed by atoms with E-state index >= 15 is 0 Å². The zero-order chi connectivity index (χ0) is 16.6. The molecular weight excluding hydrogens is 299 g/mol. The van der Waals surface area contributed by atoms with Gasteiger partial charge in [-0.2, -0.15) is 0 Å². The first-order valence-corrected chi connectivity index (χ1v) is 8.98. The highest BCUT2D eigenvalue weighted by atomic mass is 19.1. The van der Waals surface area contributed by atoms with E-state index in [4.69, 9.17) is 0 Å². The van der Waals surface area contributed by atoms with Gasteiger partial charge in [0.25, 0.3) is 0 Å². The average molecular weight is 324 g/mol. The second-order valence-corrected chi connectivity index (χ2v) is 7.48. The van der Waals surface area contributed by atoms with Gasteiger partial charge in [-0.05, 0) is 69.0 Å². The van der Waals surface area contributed by atoms with Crippen molar-refractivity contribution < 1.29 is 4.39 Å². The molecule has 2 aliphatic rings. The molecule has 2 aromatic rings. The number of para-hydroxylation sites is 1. The molecule has 2 aliphatic heterocycles. The second-order valence-electron chi connectivity index (χ2n) is 7.48. The predicted octanol–water partition coefficient (Wildman–Crippen LogP) is 4.16. The minimum absolute atomic E-state index is 0.0475. The molecule has 0 bridgehead atoms. The fourth-order valence-corrected chi connectivity index (χ4v) is 4.72. The Labute approximate surface area is 143 Å². The molecule has 3 heteroatoms. The van der Waals surface area contributed by atoms with Crippen LogP contribution in [0.15, 0.2) is 54.6 Å². The molecule has 0 radical (unpaired) electrons. The first-order chi connectivity index (χ1) is 11.7. The molecule has 1 N–H and O–H groups in total. The number of halogens is 1. The summed E-state index contributed by atoms with van der Waals surface area (Å²) in [6, 6.07) is 18.9. The Morgan fingerprint density at radius 2 is 1.88 bits per heavy atom. The van der Waals surface area contributed by atoms with Gasteiger partial charge in [0.05, 0.1) is 0 Å². The topological polar surface area (TPSA) is 15.3 Å². The molecule has 2 heterocycles. The Kier molecular flexibility index (Phi) is 4.05. The lowest BCUT2D eigenvalue weighted by molar-refractivity contribution is 0.381. The summed E-state index contributed by atoms with van der Waals surface area (Å²) in [5.41, 5.74) is 2.56. The highest BCUT2D eigenvalue weighted by Crippen LogP contribution is 2.42. The number of hydrogen-bond donors (Lipinski definition) is 1. The third-order valence-electron chi connectivity index (χ3n) is 5.65. The average Bonchev–Trinajstić information content (AvgIpc) is 2.89. The van der Waals surface area contributed by atoms with E-state index in [0.29, 0.717) is 12.1 Å². The normalized spacial score (nSPS) is 29.5. The number of anilines is 1. The van der Waals surface area contributed by atoms with Crippen molar-refractivity contribution in [3.05, 3.63) is 66.0 Å². The van der Waals surface area contributed by atoms with Gasteiger partial charge >= 0.3 is 0 Å². The van der Waals surface area contributed by atoms with Crippen LogP contribution in [0.5, 0.6) is 0 Å². The van der Waals surface area contributed by atoms with Crippen molar-refractivity contribution in [1.82, 2.24) is 5.32 Å². The van der Waals surface area contributed by atoms with Crippen LogP contribution < -0.4 is 10.2 Å². The third-order valence-corrected chi connectivity index (χ3v) is 5.65. The van der Waals surface area contributed by atoms with Crippen LogP contribution >= 0.6 is 0 Å². The summed E-state index contributed by atoms with van der Waals surface area (Å²) < 4.78 is 13.3. The van der Waals surface area contributed by atoms with E-state index in [2.05, 4.69) is 47.5 Å². The van der Waals surface area contributed by atoms with E-state index in [0.717, 1.165) is 19.4 Å². The monoisotopic (exact) mass is 324 g/mol. The molecule has 2 saturated heterocycles. The number of fused-ring (bicyclic) bond motifs is 1. The Balaban J connectivity index is 1.69. The minimum atomic E-state index is -0.162. The lowest BCUT2D eigenvalue weighted by Crippen LogP contribution is -2.50. The maximum atomic E-state index is 13.3. The first-order valence-electron chi connectivity index (χ1n) is 8.98. The molecule has 0 unspecified atom stereocenters. The van der Waals surface area contributed by atoms with Crippen molar-refractivity contribution in [3.63, 3.8) is 0 Å². The molecule has 4 rings (SSSR count). The van der Waals surface area contributed by atoms with Gasteiger partial charge in [0.2, 0.25) is 0 Å². The zero-order valence-electron chi connectivity index (χ0n) is 14.2. The quantitative estimate of drug-likeness (QED) is 0.912. The molecular formula is C21H25FN2. The van der Waals surface area contributed by atoms with Gasteiger partial charge in [0.1, 0.15) is 5.82 Å². The van der Waals surface area contributed by atoms with Gasteiger partial charge in [0, 0.05) is 23.3 Å². The highest BCUT2D eigenvalue weighted by Gasteiger charge is 2.49. The largest absolute Gasteiger partial charge is 0.361 e. The summed E-state index contributed by atoms with van der Waals surface area (Å²) in [5, 5.41) is 3.73. The van der Waals surface area contributed by atoms with Gasteiger partial charge in [-0.25, -0.2) is 4.39 Å². The van der Waals surface area contributed by atoms with E-state index < -0.39 is 0 Å². The number of piperidine rings is 1. The van der Waals surface area contributed by atoms with Crippen LogP contribution in [0.1, 0.15) is 31.7 Å². The summed E-state index contributed by atoms with van der Waals surface area (Å²) in [6.07, 6.45) is 4.55. The maximum absolute atomic E-state index is 13.3. The fraction of sp³-hybridized carbons (Fsp3) is 0.429. The van der Waals surface area contributed by atoms with Crippen molar-refractivity contribution in [2.75, 3.05) is 11.4 Å². The van der Waals surface area contributed by atoms with Crippen molar-refractivity contribution in [1.29, 1.82) is 0 Å². The maximum Gasteiger partial charge on any atom is 0.123 e. The number of benzene rings is 2. The van der Waals surface area contributed by atoms with Gasteiger partial charge in [-0.15, -0.1) is 0 Å². The Morgan fingerprint density at radius 3 is 2.62 bits per heavy atom. The van der Waals surface area contributed by atoms with E-state index in [9.17, 15) is 4.39 Å². The second kappa shape index (κ2) is 6.21. The molecule has 2 nitrogen and oxygen atoms in total. The van der Waals surface area contributed by atoms with Crippen LogP contribution in [0.4, 0.5) is 10.1 Å². The molecule has 0 amide bonds. The summed E-state index contributed by atoms with van der Waals surface area (Å²) in [5.74, 6) is -0.162. The molecule has 0 spiro atoms. The van der Waals surface area contributed by atoms with Crippen LogP contribution in [-0.4, -0.2) is 24.2 Å². The van der Waals surface area contributed by atoms with Crippen LogP contribution in [0.25, 0.3) is 0 Å². The van der Waals surface area contributed by atoms with Gasteiger partial charge in [0.15, 0.2) is 0 Å². The molecule has 24 heavy (non-hydrogen) atoms. The van der Waals surface area contributed by atoms with Crippen molar-refractivity contribution in [2.24, 2.45) is 0 Å². The molecule has 2 fully saturated rings. The number of nitrogens with one attached hydrogen (secondary N) is 1. The minimum Gasteiger partial charge on any atom is -0.361 e. The Morgan fingerprint density at radius 1 is 1.12 bits per heavy atom. The fourth-order valence-electron chi connectivity index (χ4n) is 4.72. The standard InChI is InChI=1S/C21H25FN2/c1-21(14-16-9-11-17(22)12-10-16)15-19-20(8-5-13-23-19)24(21)18-6-3-2-4-7-18/h2-4,6-7,9-12,19-20,23H,5,8,13-15H2,1H3/t19-,20-,21+/m0/s1. The van der Waals surface area contributed by atoms with Crippen molar-refractivity contribution in [3.8, 4) is 0 Å². The van der Waals surface area contributed by atoms with Gasteiger partial charge in [-0.3, -0.25) is 0 Å². The summed E-state index contributed by atoms with van der Waals surface area (Å²) in [7, 11) is 0. The molecule has 0 aromatic heterocycles. The SMILES string of the molecule is C[C@@]1(Cc2ccc(F)cc2)C[C@@H]2NCCC[C@@H]2N1c1ccccc1. The summed E-state index contributed by atoms with van der Waals surface area (Å²) in [4.78, 5) is 2.63. The van der Waals surface area contributed by atoms with E-state index in [1.807, 2.05) is 12.1 Å². The summed E-state index contributed by atoms with van der Waals surface area (Å²) >= 11 is 0. The van der Waals surface area contributed by atoms with Gasteiger partial charge in [-0.1, -0.05) is 30.3 Å². The molecule has 0 saturated carbocycles. The van der Waals surface area contributed by atoms with Crippen LogP contribution in [-0.2, 0) is 6.42 Å². The lowest BCUT2D eigenvalue weighted by Gasteiger charge is -2.42. The van der Waals surface area contributed by atoms with E-state index in [-0.39, 0.29) is 11.4 Å². The number of rotatable bonds is 3. The van der Waals surface area contributed by atoms with E-state index in [1.165, 1.54) is 24.1 Å². The van der Waals surface area contributed by atoms with Gasteiger partial charge < -0.3 is 10.2 Å². The third kappa shape index (κ3) is 2.82. The number of nitrogens with zero attached hydrogens (tertiary/aromatic N) is 1. The van der Waals surface area contributed by atoms with Crippen LogP contribution in [0.3, 0.4) is 0 Å². The molecule has 0 aliphatic carbocycles. The van der Waals surface area contributed by atoms with Crippen LogP contribution in [0.2, 0.25) is 0 Å². The van der Waals surface area contributed by atoms with Crippen LogP contribution in [0, 0.1) is 5.82 Å². The van der Waals surface area contributed by atoms with Crippen molar-refractivity contribution in [2.45, 2.75) is 50.2 Å².